The zero-order valence-electron chi connectivity index (χ0n) is 12.3. The molecule has 0 bridgehead atoms. The largest absolute Gasteiger partial charge is 0.339 e. The average Bonchev–Trinajstić information content (AvgIpc) is 2.93. The highest BCUT2D eigenvalue weighted by atomic mass is 32.2. The highest BCUT2D eigenvalue weighted by Crippen LogP contribution is 2.23. The standard InChI is InChI=1S/C15H18N2O3S2/c1-22(19,20)16-13-4-7-17(8-5-13)15(18)12-2-3-14-11(10-12)6-9-21-14/h2-3,6,9-10,13,16H,4-5,7-8H2,1H3. The van der Waals surface area contributed by atoms with Crippen LogP contribution in [0, 0.1) is 0 Å². The number of hydrogen-bond donors (Lipinski definition) is 1. The highest BCUT2D eigenvalue weighted by molar-refractivity contribution is 7.88. The molecule has 1 aromatic carbocycles. The molecular weight excluding hydrogens is 320 g/mol. The van der Waals surface area contributed by atoms with Gasteiger partial charge in [0, 0.05) is 29.4 Å². The van der Waals surface area contributed by atoms with Crippen LogP contribution in [0.3, 0.4) is 0 Å². The number of likely N-dealkylation sites (tertiary alicyclic amines) is 1. The summed E-state index contributed by atoms with van der Waals surface area (Å²) in [4.78, 5) is 14.3. The second-order valence-electron chi connectivity index (χ2n) is 5.63. The smallest absolute Gasteiger partial charge is 0.253 e. The van der Waals surface area contributed by atoms with Crippen molar-refractivity contribution in [2.24, 2.45) is 0 Å². The van der Waals surface area contributed by atoms with E-state index in [-0.39, 0.29) is 11.9 Å². The molecule has 1 amide bonds. The number of thiophene rings is 1. The molecule has 1 saturated heterocycles. The van der Waals surface area contributed by atoms with E-state index < -0.39 is 10.0 Å². The Morgan fingerprint density at radius 2 is 2.00 bits per heavy atom. The van der Waals surface area contributed by atoms with Crippen LogP contribution < -0.4 is 4.72 Å². The van der Waals surface area contributed by atoms with Crippen LogP contribution in [0.1, 0.15) is 23.2 Å². The zero-order chi connectivity index (χ0) is 15.7. The van der Waals surface area contributed by atoms with Crippen LogP contribution in [0.15, 0.2) is 29.6 Å². The van der Waals surface area contributed by atoms with Crippen molar-refractivity contribution in [2.75, 3.05) is 19.3 Å². The minimum Gasteiger partial charge on any atom is -0.339 e. The average molecular weight is 338 g/mol. The summed E-state index contributed by atoms with van der Waals surface area (Å²) in [6.45, 7) is 1.15. The van der Waals surface area contributed by atoms with Gasteiger partial charge in [0.15, 0.2) is 0 Å². The molecule has 0 atom stereocenters. The van der Waals surface area contributed by atoms with E-state index in [1.807, 2.05) is 29.6 Å². The van der Waals surface area contributed by atoms with Gasteiger partial charge in [0.25, 0.3) is 5.91 Å². The Morgan fingerprint density at radius 3 is 2.68 bits per heavy atom. The fourth-order valence-corrected chi connectivity index (χ4v) is 4.40. The van der Waals surface area contributed by atoms with Gasteiger partial charge in [-0.25, -0.2) is 13.1 Å². The van der Waals surface area contributed by atoms with E-state index in [1.54, 1.807) is 16.2 Å². The van der Waals surface area contributed by atoms with E-state index >= 15 is 0 Å². The van der Waals surface area contributed by atoms with Gasteiger partial charge >= 0.3 is 0 Å². The summed E-state index contributed by atoms with van der Waals surface area (Å²) < 4.78 is 26.3. The van der Waals surface area contributed by atoms with Gasteiger partial charge in [0.2, 0.25) is 10.0 Å². The normalized spacial score (nSPS) is 17.0. The van der Waals surface area contributed by atoms with Gasteiger partial charge in [-0.3, -0.25) is 4.79 Å². The summed E-state index contributed by atoms with van der Waals surface area (Å²) in [7, 11) is -3.18. The van der Waals surface area contributed by atoms with Crippen LogP contribution in [0.2, 0.25) is 0 Å². The third-order valence-electron chi connectivity index (χ3n) is 3.86. The fraction of sp³-hybridized carbons (Fsp3) is 0.400. The van der Waals surface area contributed by atoms with Crippen LogP contribution >= 0.6 is 11.3 Å². The first-order valence-corrected chi connectivity index (χ1v) is 9.93. The number of fused-ring (bicyclic) bond motifs is 1. The molecule has 5 nitrogen and oxygen atoms in total. The quantitative estimate of drug-likeness (QED) is 0.931. The Morgan fingerprint density at radius 1 is 1.27 bits per heavy atom. The number of nitrogens with zero attached hydrogens (tertiary/aromatic N) is 1. The summed E-state index contributed by atoms with van der Waals surface area (Å²) in [5.74, 6) is 0.0194. The molecule has 0 spiro atoms. The third-order valence-corrected chi connectivity index (χ3v) is 5.52. The number of amides is 1. The number of carbonyl (C=O) groups excluding carboxylic acids is 1. The van der Waals surface area contributed by atoms with Crippen molar-refractivity contribution in [1.29, 1.82) is 0 Å². The molecule has 3 rings (SSSR count). The lowest BCUT2D eigenvalue weighted by atomic mass is 10.0. The van der Waals surface area contributed by atoms with Gasteiger partial charge in [-0.15, -0.1) is 11.3 Å². The third kappa shape index (κ3) is 3.48. The first-order chi connectivity index (χ1) is 10.4. The number of benzene rings is 1. The summed E-state index contributed by atoms with van der Waals surface area (Å²) >= 11 is 1.66. The number of piperidine rings is 1. The summed E-state index contributed by atoms with van der Waals surface area (Å²) in [5, 5.41) is 3.10. The molecule has 118 valence electrons. The SMILES string of the molecule is CS(=O)(=O)NC1CCN(C(=O)c2ccc3sccc3c2)CC1. The Hall–Kier alpha value is -1.44. The highest BCUT2D eigenvalue weighted by Gasteiger charge is 2.25. The second kappa shape index (κ2) is 5.98. The van der Waals surface area contributed by atoms with Crippen molar-refractivity contribution in [3.8, 4) is 0 Å². The van der Waals surface area contributed by atoms with E-state index in [0.717, 1.165) is 5.39 Å². The monoisotopic (exact) mass is 338 g/mol. The Labute approximate surface area is 134 Å². The van der Waals surface area contributed by atoms with E-state index in [0.29, 0.717) is 31.5 Å². The Kier molecular flexibility index (Phi) is 4.20. The Balaban J connectivity index is 1.66. The van der Waals surface area contributed by atoms with Crippen LogP contribution in [-0.4, -0.2) is 44.6 Å². The number of carbonyl (C=O) groups is 1. The fourth-order valence-electron chi connectivity index (χ4n) is 2.79. The number of rotatable bonds is 3. The maximum atomic E-state index is 12.5. The molecule has 7 heteroatoms. The van der Waals surface area contributed by atoms with Gasteiger partial charge in [-0.2, -0.15) is 0 Å². The van der Waals surface area contributed by atoms with E-state index in [1.165, 1.54) is 11.0 Å². The lowest BCUT2D eigenvalue weighted by Gasteiger charge is -2.32. The number of hydrogen-bond acceptors (Lipinski definition) is 4. The zero-order valence-corrected chi connectivity index (χ0v) is 13.9. The summed E-state index contributed by atoms with van der Waals surface area (Å²) in [5.41, 5.74) is 0.695. The first kappa shape index (κ1) is 15.5. The Bertz CT molecular complexity index is 790. The van der Waals surface area contributed by atoms with E-state index in [9.17, 15) is 13.2 Å². The lowest BCUT2D eigenvalue weighted by molar-refractivity contribution is 0.0711. The predicted molar refractivity (Wildman–Crippen MR) is 88.7 cm³/mol. The topological polar surface area (TPSA) is 66.5 Å². The molecule has 2 aromatic rings. The van der Waals surface area contributed by atoms with Crippen molar-refractivity contribution >= 4 is 37.4 Å². The maximum absolute atomic E-state index is 12.5. The van der Waals surface area contributed by atoms with Crippen LogP contribution in [0.4, 0.5) is 0 Å². The van der Waals surface area contributed by atoms with Crippen molar-refractivity contribution in [3.63, 3.8) is 0 Å². The van der Waals surface area contributed by atoms with Gasteiger partial charge in [-0.1, -0.05) is 0 Å². The van der Waals surface area contributed by atoms with Crippen LogP contribution in [0.5, 0.6) is 0 Å². The maximum Gasteiger partial charge on any atom is 0.253 e. The summed E-state index contributed by atoms with van der Waals surface area (Å²) in [6.07, 6.45) is 2.47. The lowest BCUT2D eigenvalue weighted by Crippen LogP contribution is -2.46. The molecule has 0 aliphatic carbocycles. The molecule has 1 N–H and O–H groups in total. The minimum atomic E-state index is -3.18. The molecule has 0 saturated carbocycles. The van der Waals surface area contributed by atoms with E-state index in [4.69, 9.17) is 0 Å². The molecule has 1 aliphatic heterocycles. The number of sulfonamides is 1. The first-order valence-electron chi connectivity index (χ1n) is 7.16. The van der Waals surface area contributed by atoms with Crippen molar-refractivity contribution in [3.05, 3.63) is 35.2 Å². The molecule has 1 fully saturated rings. The van der Waals surface area contributed by atoms with Gasteiger partial charge < -0.3 is 4.90 Å². The van der Waals surface area contributed by atoms with E-state index in [2.05, 4.69) is 4.72 Å². The summed E-state index contributed by atoms with van der Waals surface area (Å²) in [6, 6.07) is 7.71. The molecule has 2 heterocycles. The van der Waals surface area contributed by atoms with Crippen molar-refractivity contribution in [1.82, 2.24) is 9.62 Å². The van der Waals surface area contributed by atoms with Crippen LogP contribution in [-0.2, 0) is 10.0 Å². The molecular formula is C15H18N2O3S2. The van der Waals surface area contributed by atoms with Crippen molar-refractivity contribution in [2.45, 2.75) is 18.9 Å². The molecule has 1 aliphatic rings. The van der Waals surface area contributed by atoms with Gasteiger partial charge in [-0.05, 0) is 47.9 Å². The van der Waals surface area contributed by atoms with Crippen LogP contribution in [0.25, 0.3) is 10.1 Å². The molecule has 0 unspecified atom stereocenters. The predicted octanol–water partition coefficient (Wildman–Crippen LogP) is 2.06. The molecule has 22 heavy (non-hydrogen) atoms. The molecule has 1 aromatic heterocycles. The van der Waals surface area contributed by atoms with Crippen molar-refractivity contribution < 1.29 is 13.2 Å². The minimum absolute atomic E-state index is 0.0194. The van der Waals surface area contributed by atoms with Gasteiger partial charge in [0.05, 0.1) is 6.26 Å². The second-order valence-corrected chi connectivity index (χ2v) is 8.36. The number of nitrogens with one attached hydrogen (secondary N) is 1. The molecule has 0 radical (unpaired) electrons. The van der Waals surface area contributed by atoms with Gasteiger partial charge in [0.1, 0.15) is 0 Å².